The largest absolute Gasteiger partial charge is 0.459 e. The maximum Gasteiger partial charge on any atom is 0.330 e. The summed E-state index contributed by atoms with van der Waals surface area (Å²) in [7, 11) is 4.49. The minimum atomic E-state index is -1.80. The number of rotatable bonds is 12. The average molecular weight is 813 g/mol. The monoisotopic (exact) mass is 812 g/mol. The van der Waals surface area contributed by atoms with Gasteiger partial charge in [-0.2, -0.15) is 0 Å². The summed E-state index contributed by atoms with van der Waals surface area (Å²) in [4.78, 5) is 51.6. The average Bonchev–Trinajstić information content (AvgIpc) is 3.94. The van der Waals surface area contributed by atoms with Gasteiger partial charge in [0.1, 0.15) is 36.1 Å². The number of aliphatic hydroxyl groups is 1. The van der Waals surface area contributed by atoms with Gasteiger partial charge in [-0.25, -0.2) is 4.79 Å². The Balaban J connectivity index is 1.57. The summed E-state index contributed by atoms with van der Waals surface area (Å²) in [5.41, 5.74) is -1.80. The van der Waals surface area contributed by atoms with Gasteiger partial charge in [0.25, 0.3) is 0 Å². The Morgan fingerprint density at radius 1 is 0.789 bits per heavy atom. The highest BCUT2D eigenvalue weighted by Crippen LogP contribution is 2.37. The van der Waals surface area contributed by atoms with Crippen molar-refractivity contribution in [3.63, 3.8) is 0 Å². The summed E-state index contributed by atoms with van der Waals surface area (Å²) in [5, 5.41) is 11.5. The Morgan fingerprint density at radius 2 is 1.44 bits per heavy atom. The predicted octanol–water partition coefficient (Wildman–Crippen LogP) is 3.38. The van der Waals surface area contributed by atoms with Crippen LogP contribution in [0.25, 0.3) is 0 Å². The summed E-state index contributed by atoms with van der Waals surface area (Å²) in [6.45, 7) is 13.8. The van der Waals surface area contributed by atoms with Gasteiger partial charge in [-0.05, 0) is 52.2 Å². The van der Waals surface area contributed by atoms with E-state index in [-0.39, 0.29) is 32.0 Å². The number of ether oxygens (including phenoxy) is 11. The summed E-state index contributed by atoms with van der Waals surface area (Å²) in [5.74, 6) is -3.50. The van der Waals surface area contributed by atoms with Crippen LogP contribution in [0.3, 0.4) is 0 Å². The minimum absolute atomic E-state index is 0.0112. The van der Waals surface area contributed by atoms with Gasteiger partial charge in [0.15, 0.2) is 30.6 Å². The summed E-state index contributed by atoms with van der Waals surface area (Å²) in [6, 6.07) is 0. The molecule has 3 fully saturated rings. The second kappa shape index (κ2) is 20.9. The number of methoxy groups -OCH3 is 3. The molecule has 17 atom stereocenters. The van der Waals surface area contributed by atoms with Crippen LogP contribution in [0.15, 0.2) is 24.3 Å². The van der Waals surface area contributed by atoms with Crippen LogP contribution in [0, 0.1) is 17.8 Å². The first-order valence-corrected chi connectivity index (χ1v) is 20.0. The van der Waals surface area contributed by atoms with Crippen LogP contribution in [0.2, 0.25) is 0 Å². The van der Waals surface area contributed by atoms with Gasteiger partial charge in [0, 0.05) is 58.5 Å². The van der Waals surface area contributed by atoms with E-state index in [0.717, 1.165) is 0 Å². The summed E-state index contributed by atoms with van der Waals surface area (Å²) >= 11 is 0. The molecular formula is C41H64O16. The van der Waals surface area contributed by atoms with Crippen LogP contribution in [0.4, 0.5) is 0 Å². The van der Waals surface area contributed by atoms with E-state index >= 15 is 0 Å². The molecular weight excluding hydrogens is 748 g/mol. The quantitative estimate of drug-likeness (QED) is 0.171. The van der Waals surface area contributed by atoms with Crippen molar-refractivity contribution in [1.29, 1.82) is 0 Å². The van der Waals surface area contributed by atoms with Crippen molar-refractivity contribution in [1.82, 2.24) is 0 Å². The summed E-state index contributed by atoms with van der Waals surface area (Å²) in [6.07, 6.45) is -2.39. The van der Waals surface area contributed by atoms with E-state index in [4.69, 9.17) is 52.1 Å². The van der Waals surface area contributed by atoms with E-state index in [1.165, 1.54) is 40.4 Å². The second-order valence-corrected chi connectivity index (χ2v) is 15.8. The van der Waals surface area contributed by atoms with Crippen LogP contribution in [0.1, 0.15) is 81.1 Å². The highest BCUT2D eigenvalue weighted by molar-refractivity contribution is 5.96. The van der Waals surface area contributed by atoms with E-state index in [2.05, 4.69) is 0 Å². The molecule has 0 bridgehead atoms. The molecule has 0 aromatic heterocycles. The zero-order valence-corrected chi connectivity index (χ0v) is 35.2. The number of epoxide rings is 1. The molecule has 17 unspecified atom stereocenters. The molecule has 0 spiro atoms. The third kappa shape index (κ3) is 12.1. The first-order valence-electron chi connectivity index (χ1n) is 20.0. The molecule has 4 rings (SSSR count). The Hall–Kier alpha value is -2.80. The Kier molecular flexibility index (Phi) is 17.2. The topological polar surface area (TPSA) is 193 Å². The molecule has 0 aromatic rings. The van der Waals surface area contributed by atoms with Crippen molar-refractivity contribution in [3.8, 4) is 0 Å². The number of ketones is 1. The lowest BCUT2D eigenvalue weighted by atomic mass is 9.82. The molecule has 0 amide bonds. The van der Waals surface area contributed by atoms with Crippen molar-refractivity contribution >= 4 is 23.7 Å². The van der Waals surface area contributed by atoms with Crippen LogP contribution in [-0.4, -0.2) is 142 Å². The van der Waals surface area contributed by atoms with E-state index in [0.29, 0.717) is 6.42 Å². The highest BCUT2D eigenvalue weighted by atomic mass is 16.7. The lowest BCUT2D eigenvalue weighted by Gasteiger charge is -2.44. The third-order valence-electron chi connectivity index (χ3n) is 11.2. The maximum atomic E-state index is 13.5. The lowest BCUT2D eigenvalue weighted by molar-refractivity contribution is -0.307. The molecule has 0 radical (unpaired) electrons. The van der Waals surface area contributed by atoms with Crippen LogP contribution >= 0.6 is 0 Å². The molecule has 16 nitrogen and oxygen atoms in total. The SMILES string of the molecule is CCC(=O)OC1C(OC)CC(C)OC1OC1C(C)C=CC(=O)OC(C)C(COC2OC(C)C(OC(=O)CC)C(OC)C2OC)C2OC2C=CC(=O)C(C)(O)CC1C. The smallest absolute Gasteiger partial charge is 0.330 e. The molecule has 4 aliphatic heterocycles. The number of hydrogen-bond acceptors (Lipinski definition) is 16. The Morgan fingerprint density at radius 3 is 2.05 bits per heavy atom. The summed E-state index contributed by atoms with van der Waals surface area (Å²) < 4.78 is 65.6. The molecule has 4 aliphatic rings. The number of carbonyl (C=O) groups excluding carboxylic acids is 4. The standard InChI is InChI=1S/C41H64O16/c1-12-30(43)55-34-25(7)53-39(38(49-11)37(34)48-10)50-20-26-24(6)52-32(45)17-14-21(3)33(22(4)19-41(8,46)29(42)16-15-27-35(26)54-27)57-40-36(56-31(44)13-2)28(47-9)18-23(5)51-40/h14-17,21-28,33-40,46H,12-13,18-20H2,1-11H3. The molecule has 0 aromatic carbocycles. The zero-order valence-electron chi connectivity index (χ0n) is 35.2. The number of carbonyl (C=O) groups is 4. The minimum Gasteiger partial charge on any atom is -0.459 e. The third-order valence-corrected chi connectivity index (χ3v) is 11.2. The van der Waals surface area contributed by atoms with Gasteiger partial charge < -0.3 is 57.2 Å². The van der Waals surface area contributed by atoms with Crippen LogP contribution < -0.4 is 0 Å². The predicted molar refractivity (Wildman–Crippen MR) is 201 cm³/mol. The molecule has 0 aliphatic carbocycles. The van der Waals surface area contributed by atoms with Crippen LogP contribution in [0.5, 0.6) is 0 Å². The van der Waals surface area contributed by atoms with Gasteiger partial charge in [-0.3, -0.25) is 14.4 Å². The molecule has 57 heavy (non-hydrogen) atoms. The lowest BCUT2D eigenvalue weighted by Crippen LogP contribution is -2.60. The maximum absolute atomic E-state index is 13.5. The van der Waals surface area contributed by atoms with Crippen molar-refractivity contribution < 1.29 is 76.4 Å². The van der Waals surface area contributed by atoms with Crippen molar-refractivity contribution in [2.75, 3.05) is 27.9 Å². The van der Waals surface area contributed by atoms with E-state index < -0.39 is 121 Å². The number of hydrogen-bond donors (Lipinski definition) is 1. The van der Waals surface area contributed by atoms with Crippen molar-refractivity contribution in [2.45, 2.75) is 166 Å². The molecule has 3 saturated heterocycles. The first-order chi connectivity index (χ1) is 27.0. The number of esters is 3. The number of cyclic esters (lactones) is 1. The molecule has 4 heterocycles. The Bertz CT molecular complexity index is 1410. The van der Waals surface area contributed by atoms with Gasteiger partial charge in [0.05, 0.1) is 31.0 Å². The van der Waals surface area contributed by atoms with Gasteiger partial charge >= 0.3 is 17.9 Å². The second-order valence-electron chi connectivity index (χ2n) is 15.8. The fraction of sp³-hybridized carbons (Fsp3) is 0.805. The van der Waals surface area contributed by atoms with Crippen molar-refractivity contribution in [2.24, 2.45) is 17.8 Å². The Labute approximate surface area is 336 Å². The molecule has 1 N–H and O–H groups in total. The van der Waals surface area contributed by atoms with Gasteiger partial charge in [-0.15, -0.1) is 0 Å². The zero-order chi connectivity index (χ0) is 42.2. The fourth-order valence-electron chi connectivity index (χ4n) is 7.85. The molecule has 0 saturated carbocycles. The van der Waals surface area contributed by atoms with Gasteiger partial charge in [-0.1, -0.05) is 33.8 Å². The fourth-order valence-corrected chi connectivity index (χ4v) is 7.85. The molecule has 324 valence electrons. The molecule has 16 heteroatoms. The highest BCUT2D eigenvalue weighted by Gasteiger charge is 2.51. The van der Waals surface area contributed by atoms with E-state index in [1.54, 1.807) is 39.8 Å². The van der Waals surface area contributed by atoms with Gasteiger partial charge in [0.2, 0.25) is 0 Å². The first kappa shape index (κ1) is 46.9. The van der Waals surface area contributed by atoms with E-state index in [9.17, 15) is 24.3 Å². The van der Waals surface area contributed by atoms with E-state index in [1.807, 2.05) is 20.8 Å². The number of fused-ring (bicyclic) bond motifs is 1. The van der Waals surface area contributed by atoms with Crippen molar-refractivity contribution in [3.05, 3.63) is 24.3 Å². The normalized spacial score (nSPS) is 41.8. The van der Waals surface area contributed by atoms with Crippen LogP contribution in [-0.2, 0) is 71.3 Å².